The Morgan fingerprint density at radius 2 is 1.86 bits per heavy atom. The van der Waals surface area contributed by atoms with E-state index in [1.807, 2.05) is 24.3 Å². The second kappa shape index (κ2) is 5.54. The van der Waals surface area contributed by atoms with Crippen LogP contribution in [0.25, 0.3) is 11.4 Å². The number of nitrogens with one attached hydrogen (secondary N) is 1. The zero-order valence-electron chi connectivity index (χ0n) is 11.8. The average Bonchev–Trinajstić information content (AvgIpc) is 3.07. The van der Waals surface area contributed by atoms with Gasteiger partial charge in [0.15, 0.2) is 0 Å². The number of hydrogen-bond acceptors (Lipinski definition) is 4. The number of fused-ring (bicyclic) bond motifs is 2. The third kappa shape index (κ3) is 2.90. The lowest BCUT2D eigenvalue weighted by Gasteiger charge is -2.27. The molecule has 0 aliphatic carbocycles. The van der Waals surface area contributed by atoms with Crippen molar-refractivity contribution < 1.29 is 4.52 Å². The van der Waals surface area contributed by atoms with E-state index in [2.05, 4.69) is 31.4 Å². The van der Waals surface area contributed by atoms with Crippen molar-refractivity contribution in [3.05, 3.63) is 34.6 Å². The van der Waals surface area contributed by atoms with Crippen LogP contribution >= 0.6 is 15.9 Å². The molecule has 2 fully saturated rings. The van der Waals surface area contributed by atoms with Gasteiger partial charge in [-0.2, -0.15) is 4.98 Å². The van der Waals surface area contributed by atoms with Crippen LogP contribution in [0.5, 0.6) is 0 Å². The van der Waals surface area contributed by atoms with Crippen molar-refractivity contribution >= 4 is 15.9 Å². The average molecular weight is 348 g/mol. The Hall–Kier alpha value is -1.20. The van der Waals surface area contributed by atoms with Gasteiger partial charge < -0.3 is 9.84 Å². The monoisotopic (exact) mass is 347 g/mol. The molecule has 1 aromatic heterocycles. The maximum atomic E-state index is 5.45. The third-order valence-corrected chi connectivity index (χ3v) is 5.13. The van der Waals surface area contributed by atoms with E-state index in [1.165, 1.54) is 25.7 Å². The van der Waals surface area contributed by atoms with Crippen LogP contribution in [0, 0.1) is 5.92 Å². The van der Waals surface area contributed by atoms with Crippen LogP contribution < -0.4 is 5.32 Å². The summed E-state index contributed by atoms with van der Waals surface area (Å²) in [5.74, 6) is 2.15. The first-order chi connectivity index (χ1) is 10.3. The Kier molecular flexibility index (Phi) is 3.55. The van der Waals surface area contributed by atoms with Crippen LogP contribution in [0.15, 0.2) is 33.3 Å². The molecule has 2 saturated heterocycles. The molecule has 3 heterocycles. The van der Waals surface area contributed by atoms with Crippen LogP contribution in [-0.4, -0.2) is 22.2 Å². The van der Waals surface area contributed by atoms with Gasteiger partial charge >= 0.3 is 0 Å². The Morgan fingerprint density at radius 3 is 2.57 bits per heavy atom. The van der Waals surface area contributed by atoms with E-state index in [9.17, 15) is 0 Å². The minimum Gasteiger partial charge on any atom is -0.339 e. The Morgan fingerprint density at radius 1 is 1.14 bits per heavy atom. The van der Waals surface area contributed by atoms with Crippen molar-refractivity contribution in [2.24, 2.45) is 5.92 Å². The van der Waals surface area contributed by atoms with Crippen LogP contribution in [0.4, 0.5) is 0 Å². The molecule has 1 N–H and O–H groups in total. The van der Waals surface area contributed by atoms with Crippen molar-refractivity contribution in [1.29, 1.82) is 0 Å². The predicted octanol–water partition coefficient (Wildman–Crippen LogP) is 3.57. The van der Waals surface area contributed by atoms with Gasteiger partial charge in [-0.3, -0.25) is 0 Å². The summed E-state index contributed by atoms with van der Waals surface area (Å²) >= 11 is 3.44. The number of aromatic nitrogens is 2. The molecule has 2 aliphatic rings. The summed E-state index contributed by atoms with van der Waals surface area (Å²) in [4.78, 5) is 4.56. The SMILES string of the molecule is Brc1ccc(-c2noc(CC3CC4CCC(C3)N4)n2)cc1. The quantitative estimate of drug-likeness (QED) is 0.921. The minimum absolute atomic E-state index is 0.682. The summed E-state index contributed by atoms with van der Waals surface area (Å²) in [6, 6.07) is 9.42. The summed E-state index contributed by atoms with van der Waals surface area (Å²) in [5, 5.41) is 7.79. The Labute approximate surface area is 132 Å². The fraction of sp³-hybridized carbons (Fsp3) is 0.500. The minimum atomic E-state index is 0.682. The third-order valence-electron chi connectivity index (χ3n) is 4.60. The van der Waals surface area contributed by atoms with E-state index < -0.39 is 0 Å². The number of nitrogens with zero attached hydrogens (tertiary/aromatic N) is 2. The molecule has 2 atom stereocenters. The van der Waals surface area contributed by atoms with E-state index in [-0.39, 0.29) is 0 Å². The lowest BCUT2D eigenvalue weighted by Crippen LogP contribution is -2.38. The molecule has 21 heavy (non-hydrogen) atoms. The van der Waals surface area contributed by atoms with Gasteiger partial charge in [-0.1, -0.05) is 21.1 Å². The highest BCUT2D eigenvalue weighted by Crippen LogP contribution is 2.32. The Balaban J connectivity index is 1.46. The van der Waals surface area contributed by atoms with E-state index >= 15 is 0 Å². The van der Waals surface area contributed by atoms with Crippen molar-refractivity contribution in [3.8, 4) is 11.4 Å². The van der Waals surface area contributed by atoms with Crippen LogP contribution in [0.3, 0.4) is 0 Å². The summed E-state index contributed by atoms with van der Waals surface area (Å²) in [5.41, 5.74) is 0.999. The molecule has 0 saturated carbocycles. The highest BCUT2D eigenvalue weighted by molar-refractivity contribution is 9.10. The summed E-state index contributed by atoms with van der Waals surface area (Å²) in [7, 11) is 0. The molecular weight excluding hydrogens is 330 g/mol. The Bertz CT molecular complexity index is 613. The highest BCUT2D eigenvalue weighted by Gasteiger charge is 2.34. The molecule has 2 aliphatic heterocycles. The molecule has 4 nitrogen and oxygen atoms in total. The van der Waals surface area contributed by atoms with Gasteiger partial charge in [-0.15, -0.1) is 0 Å². The number of piperidine rings is 1. The first-order valence-corrected chi connectivity index (χ1v) is 8.40. The fourth-order valence-electron chi connectivity index (χ4n) is 3.64. The van der Waals surface area contributed by atoms with E-state index in [0.717, 1.165) is 22.3 Å². The molecule has 5 heteroatoms. The van der Waals surface area contributed by atoms with E-state index in [0.29, 0.717) is 23.8 Å². The standard InChI is InChI=1S/C16H18BrN3O/c17-12-3-1-11(2-4-12)16-19-15(21-20-16)9-10-7-13-5-6-14(8-10)18-13/h1-4,10,13-14,18H,5-9H2. The molecule has 2 bridgehead atoms. The highest BCUT2D eigenvalue weighted by atomic mass is 79.9. The molecule has 110 valence electrons. The van der Waals surface area contributed by atoms with Crippen molar-refractivity contribution in [2.45, 2.75) is 44.2 Å². The van der Waals surface area contributed by atoms with Crippen molar-refractivity contribution in [3.63, 3.8) is 0 Å². The summed E-state index contributed by atoms with van der Waals surface area (Å²) in [6.07, 6.45) is 6.06. The van der Waals surface area contributed by atoms with Gasteiger partial charge in [0.25, 0.3) is 0 Å². The van der Waals surface area contributed by atoms with Gasteiger partial charge in [-0.25, -0.2) is 0 Å². The fourth-order valence-corrected chi connectivity index (χ4v) is 3.91. The molecule has 0 radical (unpaired) electrons. The van der Waals surface area contributed by atoms with Crippen LogP contribution in [0.2, 0.25) is 0 Å². The molecule has 0 spiro atoms. The van der Waals surface area contributed by atoms with E-state index in [1.54, 1.807) is 0 Å². The number of benzene rings is 1. The second-order valence-electron chi connectivity index (χ2n) is 6.20. The molecular formula is C16H18BrN3O. The first-order valence-electron chi connectivity index (χ1n) is 7.61. The molecule has 2 aromatic rings. The molecule has 2 unspecified atom stereocenters. The van der Waals surface area contributed by atoms with Gasteiger partial charge in [0.2, 0.25) is 11.7 Å². The maximum absolute atomic E-state index is 5.45. The van der Waals surface area contributed by atoms with Gasteiger partial charge in [-0.05, 0) is 55.9 Å². The second-order valence-corrected chi connectivity index (χ2v) is 7.11. The topological polar surface area (TPSA) is 51.0 Å². The molecule has 0 amide bonds. The van der Waals surface area contributed by atoms with Crippen LogP contribution in [0.1, 0.15) is 31.6 Å². The number of halogens is 1. The summed E-state index contributed by atoms with van der Waals surface area (Å²) < 4.78 is 6.51. The summed E-state index contributed by atoms with van der Waals surface area (Å²) in [6.45, 7) is 0. The van der Waals surface area contributed by atoms with Gasteiger partial charge in [0.1, 0.15) is 0 Å². The first kappa shape index (κ1) is 13.5. The lowest BCUT2D eigenvalue weighted by molar-refractivity contribution is 0.270. The smallest absolute Gasteiger partial charge is 0.227 e. The van der Waals surface area contributed by atoms with E-state index in [4.69, 9.17) is 4.52 Å². The van der Waals surface area contributed by atoms with Crippen molar-refractivity contribution in [2.75, 3.05) is 0 Å². The van der Waals surface area contributed by atoms with Gasteiger partial charge in [0.05, 0.1) is 0 Å². The van der Waals surface area contributed by atoms with Gasteiger partial charge in [0, 0.05) is 28.5 Å². The normalized spacial score (nSPS) is 28.0. The predicted molar refractivity (Wildman–Crippen MR) is 83.8 cm³/mol. The zero-order chi connectivity index (χ0) is 14.2. The zero-order valence-corrected chi connectivity index (χ0v) is 13.3. The molecule has 1 aromatic carbocycles. The van der Waals surface area contributed by atoms with Crippen molar-refractivity contribution in [1.82, 2.24) is 15.5 Å². The lowest BCUT2D eigenvalue weighted by atomic mass is 9.90. The number of rotatable bonds is 3. The number of hydrogen-bond donors (Lipinski definition) is 1. The largest absolute Gasteiger partial charge is 0.339 e. The van der Waals surface area contributed by atoms with Crippen LogP contribution in [-0.2, 0) is 6.42 Å². The molecule has 4 rings (SSSR count). The maximum Gasteiger partial charge on any atom is 0.227 e.